The Labute approximate surface area is 158 Å². The zero-order valence-corrected chi connectivity index (χ0v) is 14.8. The predicted octanol–water partition coefficient (Wildman–Crippen LogP) is 5.60. The lowest BCUT2D eigenvalue weighted by molar-refractivity contribution is 0.414. The number of para-hydroxylation sites is 2. The number of anilines is 3. The summed E-state index contributed by atoms with van der Waals surface area (Å²) in [7, 11) is 1.57. The molecule has 27 heavy (non-hydrogen) atoms. The third-order valence-electron chi connectivity index (χ3n) is 4.04. The summed E-state index contributed by atoms with van der Waals surface area (Å²) >= 11 is 0. The maximum absolute atomic E-state index is 9.00. The van der Waals surface area contributed by atoms with E-state index in [1.54, 1.807) is 7.11 Å². The Morgan fingerprint density at radius 1 is 0.815 bits per heavy atom. The molecule has 0 aliphatic carbocycles. The van der Waals surface area contributed by atoms with E-state index in [2.05, 4.69) is 4.90 Å². The molecule has 0 bridgehead atoms. The van der Waals surface area contributed by atoms with E-state index in [0.29, 0.717) is 11.3 Å². The molecular weight excluding hydrogens is 334 g/mol. The van der Waals surface area contributed by atoms with Crippen LogP contribution in [0.4, 0.5) is 17.1 Å². The molecule has 3 aromatic rings. The van der Waals surface area contributed by atoms with Crippen molar-refractivity contribution in [3.63, 3.8) is 0 Å². The van der Waals surface area contributed by atoms with Gasteiger partial charge in [-0.2, -0.15) is 10.5 Å². The first-order valence-electron chi connectivity index (χ1n) is 8.37. The van der Waals surface area contributed by atoms with E-state index >= 15 is 0 Å². The standard InChI is InChI=1S/C23H17N3O/c1-27-23-15-22(13-12-19(23)14-18(16-24)17-25)26(20-8-4-2-5-9-20)21-10-6-3-7-11-21/h2-15H,1H3. The van der Waals surface area contributed by atoms with Gasteiger partial charge in [-0.15, -0.1) is 0 Å². The van der Waals surface area contributed by atoms with Crippen molar-refractivity contribution in [1.82, 2.24) is 0 Å². The van der Waals surface area contributed by atoms with Crippen LogP contribution < -0.4 is 9.64 Å². The van der Waals surface area contributed by atoms with Crippen LogP contribution in [0, 0.1) is 22.7 Å². The van der Waals surface area contributed by atoms with Gasteiger partial charge >= 0.3 is 0 Å². The summed E-state index contributed by atoms with van der Waals surface area (Å²) in [5.74, 6) is 0.590. The van der Waals surface area contributed by atoms with Gasteiger partial charge < -0.3 is 9.64 Å². The van der Waals surface area contributed by atoms with Crippen LogP contribution in [0.5, 0.6) is 5.75 Å². The highest BCUT2D eigenvalue weighted by Gasteiger charge is 2.14. The topological polar surface area (TPSA) is 60.0 Å². The minimum absolute atomic E-state index is 0.0315. The highest BCUT2D eigenvalue weighted by Crippen LogP contribution is 2.37. The third-order valence-corrected chi connectivity index (χ3v) is 4.04. The summed E-state index contributed by atoms with van der Waals surface area (Å²) in [6.45, 7) is 0. The quantitative estimate of drug-likeness (QED) is 0.562. The average Bonchev–Trinajstić information content (AvgIpc) is 2.74. The number of ether oxygens (including phenoxy) is 1. The lowest BCUT2D eigenvalue weighted by Crippen LogP contribution is -2.10. The minimum atomic E-state index is 0.0315. The van der Waals surface area contributed by atoms with E-state index in [9.17, 15) is 0 Å². The number of nitriles is 2. The first-order valence-corrected chi connectivity index (χ1v) is 8.37. The predicted molar refractivity (Wildman–Crippen MR) is 107 cm³/mol. The van der Waals surface area contributed by atoms with Crippen molar-refractivity contribution in [3.05, 3.63) is 90.0 Å². The van der Waals surface area contributed by atoms with Crippen molar-refractivity contribution in [3.8, 4) is 17.9 Å². The Morgan fingerprint density at radius 2 is 1.37 bits per heavy atom. The van der Waals surface area contributed by atoms with Crippen molar-refractivity contribution < 1.29 is 4.74 Å². The number of hydrogen-bond donors (Lipinski definition) is 0. The van der Waals surface area contributed by atoms with Gasteiger partial charge in [-0.05, 0) is 42.5 Å². The van der Waals surface area contributed by atoms with Crippen LogP contribution in [0.25, 0.3) is 6.08 Å². The third kappa shape index (κ3) is 3.98. The van der Waals surface area contributed by atoms with Gasteiger partial charge in [0.2, 0.25) is 0 Å². The largest absolute Gasteiger partial charge is 0.496 e. The van der Waals surface area contributed by atoms with Crippen LogP contribution >= 0.6 is 0 Å². The minimum Gasteiger partial charge on any atom is -0.496 e. The number of allylic oxidation sites excluding steroid dienone is 1. The van der Waals surface area contributed by atoms with E-state index < -0.39 is 0 Å². The second-order valence-corrected chi connectivity index (χ2v) is 5.71. The van der Waals surface area contributed by atoms with E-state index in [4.69, 9.17) is 15.3 Å². The van der Waals surface area contributed by atoms with Gasteiger partial charge in [0.25, 0.3) is 0 Å². The van der Waals surface area contributed by atoms with Crippen LogP contribution in [-0.4, -0.2) is 7.11 Å². The molecule has 0 amide bonds. The zero-order valence-electron chi connectivity index (χ0n) is 14.8. The summed E-state index contributed by atoms with van der Waals surface area (Å²) in [5, 5.41) is 18.0. The average molecular weight is 351 g/mol. The lowest BCUT2D eigenvalue weighted by Gasteiger charge is -2.26. The molecule has 0 fully saturated rings. The molecule has 0 radical (unpaired) electrons. The first kappa shape index (κ1) is 17.8. The Morgan fingerprint density at radius 3 is 1.85 bits per heavy atom. The Bertz CT molecular complexity index is 973. The molecule has 4 heteroatoms. The van der Waals surface area contributed by atoms with Crippen molar-refractivity contribution in [1.29, 1.82) is 10.5 Å². The van der Waals surface area contributed by atoms with Gasteiger partial charge in [-0.1, -0.05) is 36.4 Å². The molecule has 0 heterocycles. The van der Waals surface area contributed by atoms with Gasteiger partial charge in [-0.25, -0.2) is 0 Å². The van der Waals surface area contributed by atoms with Crippen LogP contribution in [-0.2, 0) is 0 Å². The van der Waals surface area contributed by atoms with Crippen molar-refractivity contribution in [2.45, 2.75) is 0 Å². The Kier molecular flexibility index (Phi) is 5.52. The fourth-order valence-electron chi connectivity index (χ4n) is 2.80. The van der Waals surface area contributed by atoms with Gasteiger partial charge in [0, 0.05) is 28.7 Å². The molecule has 0 atom stereocenters. The summed E-state index contributed by atoms with van der Waals surface area (Å²) < 4.78 is 5.51. The number of methoxy groups -OCH3 is 1. The number of hydrogen-bond acceptors (Lipinski definition) is 4. The van der Waals surface area contributed by atoms with Crippen LogP contribution in [0.2, 0.25) is 0 Å². The molecule has 0 aliphatic heterocycles. The van der Waals surface area contributed by atoms with Crippen LogP contribution in [0.1, 0.15) is 5.56 Å². The second-order valence-electron chi connectivity index (χ2n) is 5.71. The summed E-state index contributed by atoms with van der Waals surface area (Å²) in [4.78, 5) is 2.12. The lowest BCUT2D eigenvalue weighted by atomic mass is 10.1. The van der Waals surface area contributed by atoms with E-state index in [-0.39, 0.29) is 5.57 Å². The molecule has 4 nitrogen and oxygen atoms in total. The fraction of sp³-hybridized carbons (Fsp3) is 0.0435. The normalized spacial score (nSPS) is 9.59. The van der Waals surface area contributed by atoms with E-state index in [1.807, 2.05) is 91.0 Å². The zero-order chi connectivity index (χ0) is 19.1. The van der Waals surface area contributed by atoms with Crippen LogP contribution in [0.3, 0.4) is 0 Å². The summed E-state index contributed by atoms with van der Waals surface area (Å²) in [6, 6.07) is 29.5. The monoisotopic (exact) mass is 351 g/mol. The molecular formula is C23H17N3O. The van der Waals surface area contributed by atoms with E-state index in [1.165, 1.54) is 6.08 Å². The number of nitrogens with zero attached hydrogens (tertiary/aromatic N) is 3. The van der Waals surface area contributed by atoms with Crippen molar-refractivity contribution in [2.75, 3.05) is 12.0 Å². The van der Waals surface area contributed by atoms with Gasteiger partial charge in [-0.3, -0.25) is 0 Å². The summed E-state index contributed by atoms with van der Waals surface area (Å²) in [6.07, 6.45) is 1.53. The number of rotatable bonds is 5. The van der Waals surface area contributed by atoms with Gasteiger partial charge in [0.05, 0.1) is 7.11 Å². The van der Waals surface area contributed by atoms with Crippen LogP contribution in [0.15, 0.2) is 84.4 Å². The smallest absolute Gasteiger partial charge is 0.130 e. The SMILES string of the molecule is COc1cc(N(c2ccccc2)c2ccccc2)ccc1C=C(C#N)C#N. The Hall–Kier alpha value is -4.02. The molecule has 0 unspecified atom stereocenters. The Balaban J connectivity index is 2.13. The molecule has 0 spiro atoms. The highest BCUT2D eigenvalue weighted by atomic mass is 16.5. The molecule has 130 valence electrons. The fourth-order valence-corrected chi connectivity index (χ4v) is 2.80. The first-order chi connectivity index (χ1) is 13.3. The number of benzene rings is 3. The second kappa shape index (κ2) is 8.38. The molecule has 0 N–H and O–H groups in total. The van der Waals surface area contributed by atoms with Gasteiger partial charge in [0.1, 0.15) is 23.5 Å². The van der Waals surface area contributed by atoms with Crippen molar-refractivity contribution in [2.24, 2.45) is 0 Å². The molecule has 3 rings (SSSR count). The maximum Gasteiger partial charge on any atom is 0.130 e. The molecule has 0 saturated carbocycles. The molecule has 3 aromatic carbocycles. The van der Waals surface area contributed by atoms with Crippen molar-refractivity contribution >= 4 is 23.1 Å². The molecule has 0 aromatic heterocycles. The summed E-state index contributed by atoms with van der Waals surface area (Å²) in [5.41, 5.74) is 3.66. The van der Waals surface area contributed by atoms with E-state index in [0.717, 1.165) is 17.1 Å². The molecule has 0 aliphatic rings. The maximum atomic E-state index is 9.00. The van der Waals surface area contributed by atoms with Gasteiger partial charge in [0.15, 0.2) is 0 Å². The molecule has 0 saturated heterocycles. The highest BCUT2D eigenvalue weighted by molar-refractivity contribution is 5.79.